The molecule has 0 saturated heterocycles. The first kappa shape index (κ1) is 11.9. The van der Waals surface area contributed by atoms with Gasteiger partial charge in [-0.05, 0) is 18.9 Å². The van der Waals surface area contributed by atoms with Crippen molar-refractivity contribution in [3.05, 3.63) is 0 Å². The van der Waals surface area contributed by atoms with Crippen LogP contribution in [0.25, 0.3) is 0 Å². The van der Waals surface area contributed by atoms with Gasteiger partial charge in [-0.25, -0.2) is 0 Å². The highest BCUT2D eigenvalue weighted by Gasteiger charge is 2.10. The lowest BCUT2D eigenvalue weighted by Gasteiger charge is -2.17. The smallest absolute Gasteiger partial charge is 0.0667 e. The van der Waals surface area contributed by atoms with Gasteiger partial charge in [0.15, 0.2) is 0 Å². The first-order valence-electron chi connectivity index (χ1n) is 5.13. The first-order chi connectivity index (χ1) is 5.74. The second kappa shape index (κ2) is 7.56. The predicted octanol–water partition coefficient (Wildman–Crippen LogP) is 1.78. The van der Waals surface area contributed by atoms with Crippen molar-refractivity contribution in [3.8, 4) is 0 Å². The molecule has 0 bridgehead atoms. The number of nitrogens with one attached hydrogen (secondary N) is 1. The summed E-state index contributed by atoms with van der Waals surface area (Å²) in [6.07, 6.45) is 3.15. The van der Waals surface area contributed by atoms with Crippen molar-refractivity contribution in [2.24, 2.45) is 5.92 Å². The summed E-state index contributed by atoms with van der Waals surface area (Å²) in [6.45, 7) is 8.12. The number of rotatable bonds is 7. The molecule has 0 aliphatic carbocycles. The summed E-state index contributed by atoms with van der Waals surface area (Å²) in [5.41, 5.74) is 0. The fourth-order valence-electron chi connectivity index (χ4n) is 1.40. The lowest BCUT2D eigenvalue weighted by atomic mass is 9.96. The van der Waals surface area contributed by atoms with Crippen molar-refractivity contribution in [1.82, 2.24) is 5.32 Å². The Bertz CT molecular complexity index is 91.8. The Morgan fingerprint density at radius 2 is 1.75 bits per heavy atom. The molecule has 2 nitrogen and oxygen atoms in total. The third-order valence-electron chi connectivity index (χ3n) is 2.39. The molecule has 1 unspecified atom stereocenters. The van der Waals surface area contributed by atoms with Crippen LogP contribution < -0.4 is 5.32 Å². The lowest BCUT2D eigenvalue weighted by Crippen LogP contribution is -2.28. The minimum absolute atomic E-state index is 0.158. The van der Waals surface area contributed by atoms with Crippen LogP contribution >= 0.6 is 0 Å². The molecule has 0 rings (SSSR count). The van der Waals surface area contributed by atoms with E-state index in [1.807, 2.05) is 0 Å². The molecule has 74 valence electrons. The van der Waals surface area contributed by atoms with Crippen molar-refractivity contribution in [1.29, 1.82) is 0 Å². The molecule has 2 N–H and O–H groups in total. The van der Waals surface area contributed by atoms with Gasteiger partial charge < -0.3 is 10.4 Å². The van der Waals surface area contributed by atoms with Crippen LogP contribution in [-0.2, 0) is 0 Å². The maximum absolute atomic E-state index is 9.55. The van der Waals surface area contributed by atoms with Crippen LogP contribution in [0.3, 0.4) is 0 Å². The van der Waals surface area contributed by atoms with Gasteiger partial charge in [0.05, 0.1) is 6.10 Å². The Labute approximate surface area is 76.4 Å². The molecule has 0 fully saturated rings. The molecule has 0 aromatic rings. The van der Waals surface area contributed by atoms with Crippen LogP contribution in [0.15, 0.2) is 0 Å². The molecule has 0 aromatic heterocycles. The van der Waals surface area contributed by atoms with Gasteiger partial charge in [0.25, 0.3) is 0 Å². The molecular weight excluding hydrogens is 150 g/mol. The van der Waals surface area contributed by atoms with Crippen LogP contribution in [0.1, 0.15) is 40.0 Å². The number of hydrogen-bond donors (Lipinski definition) is 2. The van der Waals surface area contributed by atoms with E-state index in [1.54, 1.807) is 0 Å². The Morgan fingerprint density at radius 1 is 1.17 bits per heavy atom. The van der Waals surface area contributed by atoms with E-state index in [9.17, 15) is 5.11 Å². The Hall–Kier alpha value is -0.0800. The Kier molecular flexibility index (Phi) is 7.51. The first-order valence-corrected chi connectivity index (χ1v) is 5.13. The Morgan fingerprint density at radius 3 is 2.17 bits per heavy atom. The van der Waals surface area contributed by atoms with Gasteiger partial charge in [-0.2, -0.15) is 0 Å². The van der Waals surface area contributed by atoms with Gasteiger partial charge in [0.2, 0.25) is 0 Å². The largest absolute Gasteiger partial charge is 0.392 e. The van der Waals surface area contributed by atoms with E-state index in [0.717, 1.165) is 19.5 Å². The van der Waals surface area contributed by atoms with Crippen molar-refractivity contribution < 1.29 is 5.11 Å². The summed E-state index contributed by atoms with van der Waals surface area (Å²) in [6, 6.07) is 0. The molecule has 1 atom stereocenters. The van der Waals surface area contributed by atoms with Crippen LogP contribution in [0, 0.1) is 5.92 Å². The quantitative estimate of drug-likeness (QED) is 0.615. The molecule has 0 aromatic carbocycles. The topological polar surface area (TPSA) is 32.3 Å². The van der Waals surface area contributed by atoms with Crippen molar-refractivity contribution in [2.45, 2.75) is 46.1 Å². The van der Waals surface area contributed by atoms with Gasteiger partial charge in [-0.1, -0.05) is 33.6 Å². The highest BCUT2D eigenvalue weighted by molar-refractivity contribution is 4.64. The van der Waals surface area contributed by atoms with Crippen LogP contribution in [0.5, 0.6) is 0 Å². The van der Waals surface area contributed by atoms with Crippen LogP contribution in [0.4, 0.5) is 0 Å². The minimum Gasteiger partial charge on any atom is -0.392 e. The summed E-state index contributed by atoms with van der Waals surface area (Å²) in [5.74, 6) is 0.693. The third kappa shape index (κ3) is 5.56. The summed E-state index contributed by atoms with van der Waals surface area (Å²) in [7, 11) is 0. The summed E-state index contributed by atoms with van der Waals surface area (Å²) in [4.78, 5) is 0. The zero-order chi connectivity index (χ0) is 9.40. The number of aliphatic hydroxyl groups excluding tert-OH is 1. The molecule has 0 heterocycles. The van der Waals surface area contributed by atoms with E-state index in [4.69, 9.17) is 0 Å². The monoisotopic (exact) mass is 173 g/mol. The average molecular weight is 173 g/mol. The Balaban J connectivity index is 3.44. The molecule has 0 radical (unpaired) electrons. The maximum Gasteiger partial charge on any atom is 0.0667 e. The van der Waals surface area contributed by atoms with Gasteiger partial charge in [-0.15, -0.1) is 0 Å². The van der Waals surface area contributed by atoms with E-state index in [1.165, 1.54) is 12.8 Å². The van der Waals surface area contributed by atoms with Gasteiger partial charge in [0.1, 0.15) is 0 Å². The fourth-order valence-corrected chi connectivity index (χ4v) is 1.40. The highest BCUT2D eigenvalue weighted by Crippen LogP contribution is 2.14. The molecule has 12 heavy (non-hydrogen) atoms. The second-order valence-electron chi connectivity index (χ2n) is 3.38. The van der Waals surface area contributed by atoms with E-state index >= 15 is 0 Å². The van der Waals surface area contributed by atoms with E-state index in [-0.39, 0.29) is 6.10 Å². The minimum atomic E-state index is -0.158. The lowest BCUT2D eigenvalue weighted by molar-refractivity contribution is 0.138. The average Bonchev–Trinajstić information content (AvgIpc) is 2.10. The number of hydrogen-bond acceptors (Lipinski definition) is 2. The maximum atomic E-state index is 9.55. The molecule has 0 amide bonds. The van der Waals surface area contributed by atoms with Crippen molar-refractivity contribution in [2.75, 3.05) is 13.1 Å². The van der Waals surface area contributed by atoms with E-state index in [2.05, 4.69) is 26.1 Å². The van der Waals surface area contributed by atoms with Gasteiger partial charge in [-0.3, -0.25) is 0 Å². The molecular formula is C10H23NO. The summed E-state index contributed by atoms with van der Waals surface area (Å²) < 4.78 is 0. The standard InChI is InChI=1S/C10H23NO/c1-4-9(5-2)7-10(12)8-11-6-3/h9-12H,4-8H2,1-3H3. The normalized spacial score (nSPS) is 13.8. The third-order valence-corrected chi connectivity index (χ3v) is 2.39. The molecule has 0 saturated carbocycles. The zero-order valence-corrected chi connectivity index (χ0v) is 8.64. The van der Waals surface area contributed by atoms with Gasteiger partial charge in [0, 0.05) is 6.54 Å². The molecule has 0 spiro atoms. The highest BCUT2D eigenvalue weighted by atomic mass is 16.3. The van der Waals surface area contributed by atoms with Crippen LogP contribution in [0.2, 0.25) is 0 Å². The number of likely N-dealkylation sites (N-methyl/N-ethyl adjacent to an activating group) is 1. The zero-order valence-electron chi connectivity index (χ0n) is 8.64. The van der Waals surface area contributed by atoms with Gasteiger partial charge >= 0.3 is 0 Å². The summed E-state index contributed by atoms with van der Waals surface area (Å²) in [5, 5.41) is 12.7. The second-order valence-corrected chi connectivity index (χ2v) is 3.38. The van der Waals surface area contributed by atoms with Crippen LogP contribution in [-0.4, -0.2) is 24.3 Å². The van der Waals surface area contributed by atoms with Crippen molar-refractivity contribution >= 4 is 0 Å². The van der Waals surface area contributed by atoms with E-state index in [0.29, 0.717) is 5.92 Å². The van der Waals surface area contributed by atoms with E-state index < -0.39 is 0 Å². The number of aliphatic hydroxyl groups is 1. The SMILES string of the molecule is CCNCC(O)CC(CC)CC. The van der Waals surface area contributed by atoms with Crippen molar-refractivity contribution in [3.63, 3.8) is 0 Å². The summed E-state index contributed by atoms with van der Waals surface area (Å²) >= 11 is 0. The molecule has 0 aliphatic heterocycles. The predicted molar refractivity (Wildman–Crippen MR) is 53.2 cm³/mol. The fraction of sp³-hybridized carbons (Fsp3) is 1.00. The molecule has 0 aliphatic rings. The molecule has 2 heteroatoms.